The molecule has 0 aromatic carbocycles. The van der Waals surface area contributed by atoms with E-state index >= 15 is 0 Å². The Kier molecular flexibility index (Phi) is 7.90. The predicted molar refractivity (Wildman–Crippen MR) is 128 cm³/mol. The van der Waals surface area contributed by atoms with Gasteiger partial charge in [-0.15, -0.1) is 0 Å². The van der Waals surface area contributed by atoms with Crippen molar-refractivity contribution in [1.82, 2.24) is 0 Å². The Morgan fingerprint density at radius 3 is 2.39 bits per heavy atom. The van der Waals surface area contributed by atoms with Gasteiger partial charge in [0, 0.05) is 6.42 Å². The van der Waals surface area contributed by atoms with E-state index < -0.39 is 0 Å². The van der Waals surface area contributed by atoms with Crippen LogP contribution in [0, 0.1) is 51.2 Å². The summed E-state index contributed by atoms with van der Waals surface area (Å²) >= 11 is 0. The molecule has 4 nitrogen and oxygen atoms in total. The van der Waals surface area contributed by atoms with E-state index in [4.69, 9.17) is 5.73 Å². The van der Waals surface area contributed by atoms with Crippen LogP contribution in [0.1, 0.15) is 112 Å². The Morgan fingerprint density at radius 1 is 1.00 bits per heavy atom. The van der Waals surface area contributed by atoms with Crippen LogP contribution in [0.4, 0.5) is 0 Å². The van der Waals surface area contributed by atoms with Crippen molar-refractivity contribution in [2.75, 3.05) is 0 Å². The number of nitrogens with zero attached hydrogens (tertiary/aromatic N) is 1. The maximum Gasteiger partial charge on any atom is 0.217 e. The van der Waals surface area contributed by atoms with Gasteiger partial charge in [-0.05, 0) is 97.7 Å². The molecule has 0 aromatic rings. The van der Waals surface area contributed by atoms with Gasteiger partial charge in [0.15, 0.2) is 0 Å². The third-order valence-electron chi connectivity index (χ3n) is 10.3. The molecular formula is C27H48N2O2. The summed E-state index contributed by atoms with van der Waals surface area (Å²) in [6.07, 6.45) is 13.6. The maximum absolute atomic E-state index is 11.8. The topological polar surface area (TPSA) is 72.5 Å². The van der Waals surface area contributed by atoms with Crippen LogP contribution in [-0.2, 0) is 4.79 Å². The van der Waals surface area contributed by atoms with Crippen molar-refractivity contribution in [3.8, 4) is 0 Å². The summed E-state index contributed by atoms with van der Waals surface area (Å²) in [5, 5.41) is 3.62. The molecule has 0 bridgehead atoms. The predicted octanol–water partition coefficient (Wildman–Crippen LogP) is 7.10. The third-order valence-corrected chi connectivity index (χ3v) is 10.3. The van der Waals surface area contributed by atoms with Crippen LogP contribution < -0.4 is 5.73 Å². The fraction of sp³-hybridized carbons (Fsp3) is 0.963. The number of nitroso groups, excluding NO2 is 1. The Morgan fingerprint density at radius 2 is 1.74 bits per heavy atom. The molecule has 0 aromatic heterocycles. The first-order chi connectivity index (χ1) is 14.6. The summed E-state index contributed by atoms with van der Waals surface area (Å²) in [5.74, 6) is 4.35. The Balaban J connectivity index is 1.73. The smallest absolute Gasteiger partial charge is 0.217 e. The Labute approximate surface area is 190 Å². The van der Waals surface area contributed by atoms with E-state index in [0.29, 0.717) is 17.8 Å². The second kappa shape index (κ2) is 9.91. The van der Waals surface area contributed by atoms with Crippen LogP contribution in [0.15, 0.2) is 5.18 Å². The molecule has 8 atom stereocenters. The monoisotopic (exact) mass is 432 g/mol. The number of primary amides is 1. The molecule has 0 heterocycles. The minimum atomic E-state index is -0.229. The van der Waals surface area contributed by atoms with Gasteiger partial charge in [0.05, 0.1) is 6.04 Å². The molecule has 2 N–H and O–H groups in total. The first-order valence-electron chi connectivity index (χ1n) is 13.2. The number of carbonyl (C=O) groups excluding carboxylic acids is 1. The molecule has 3 rings (SSSR count). The van der Waals surface area contributed by atoms with Crippen LogP contribution in [0.2, 0.25) is 0 Å². The van der Waals surface area contributed by atoms with Crippen molar-refractivity contribution in [3.63, 3.8) is 0 Å². The van der Waals surface area contributed by atoms with Gasteiger partial charge in [-0.2, -0.15) is 4.91 Å². The Bertz CT molecular complexity index is 635. The lowest BCUT2D eigenvalue weighted by Gasteiger charge is -2.58. The number of hydrogen-bond acceptors (Lipinski definition) is 3. The number of amides is 1. The van der Waals surface area contributed by atoms with Gasteiger partial charge in [0.25, 0.3) is 0 Å². The molecule has 1 amide bonds. The average Bonchev–Trinajstić information content (AvgIpc) is 3.05. The maximum atomic E-state index is 11.8. The highest BCUT2D eigenvalue weighted by Gasteiger charge is 2.60. The van der Waals surface area contributed by atoms with E-state index in [9.17, 15) is 9.70 Å². The highest BCUT2D eigenvalue weighted by molar-refractivity contribution is 5.73. The number of fused-ring (bicyclic) bond motifs is 3. The molecule has 31 heavy (non-hydrogen) atoms. The summed E-state index contributed by atoms with van der Waals surface area (Å²) in [5.41, 5.74) is 5.81. The van der Waals surface area contributed by atoms with Gasteiger partial charge in [-0.3, -0.25) is 4.79 Å². The molecule has 3 aliphatic carbocycles. The zero-order valence-corrected chi connectivity index (χ0v) is 20.9. The van der Waals surface area contributed by atoms with Gasteiger partial charge in [-0.25, -0.2) is 0 Å². The molecule has 1 unspecified atom stereocenters. The quantitative estimate of drug-likeness (QED) is 0.374. The van der Waals surface area contributed by atoms with E-state index in [1.807, 2.05) is 0 Å². The lowest BCUT2D eigenvalue weighted by molar-refractivity contribution is -0.118. The Hall–Kier alpha value is -0.930. The SMILES string of the molecule is CC(C)CCC[C@@H](C)[C@H]1CC[C@H]2[C@@H]3CCC(N=O)[C@](C)(CCCC(N)=O)[C@H]3CC[C@]12C. The minimum absolute atomic E-state index is 0.0670. The van der Waals surface area contributed by atoms with Gasteiger partial charge in [0.2, 0.25) is 5.91 Å². The molecule has 0 aliphatic heterocycles. The number of carbonyl (C=O) groups is 1. The minimum Gasteiger partial charge on any atom is -0.370 e. The van der Waals surface area contributed by atoms with Gasteiger partial charge < -0.3 is 5.73 Å². The lowest BCUT2D eigenvalue weighted by Crippen LogP contribution is -2.53. The van der Waals surface area contributed by atoms with E-state index in [1.165, 1.54) is 51.4 Å². The second-order valence-corrected chi connectivity index (χ2v) is 12.4. The van der Waals surface area contributed by atoms with Gasteiger partial charge >= 0.3 is 0 Å². The highest BCUT2D eigenvalue weighted by Crippen LogP contribution is 2.66. The molecule has 3 aliphatic rings. The molecule has 178 valence electrons. The lowest BCUT2D eigenvalue weighted by atomic mass is 9.47. The van der Waals surface area contributed by atoms with Crippen LogP contribution >= 0.6 is 0 Å². The van der Waals surface area contributed by atoms with Crippen molar-refractivity contribution in [3.05, 3.63) is 4.91 Å². The summed E-state index contributed by atoms with van der Waals surface area (Å²) in [4.78, 5) is 23.1. The average molecular weight is 433 g/mol. The summed E-state index contributed by atoms with van der Waals surface area (Å²) in [6.45, 7) is 12.1. The van der Waals surface area contributed by atoms with E-state index in [2.05, 4.69) is 39.8 Å². The van der Waals surface area contributed by atoms with Crippen molar-refractivity contribution >= 4 is 5.91 Å². The standard InChI is InChI=1S/C27H48N2O2/c1-18(2)8-6-9-19(3)21-12-13-22-20-11-14-24(29-31)27(5,16-7-10-25(28)30)23(20)15-17-26(21,22)4/h18-24H,6-17H2,1-5H3,(H2,28,30)/t19-,20+,21-,22+,23+,24?,26-,27-/m1/s1. The second-order valence-electron chi connectivity index (χ2n) is 12.4. The molecule has 0 radical (unpaired) electrons. The normalized spacial score (nSPS) is 40.9. The highest BCUT2D eigenvalue weighted by atomic mass is 16.3. The van der Waals surface area contributed by atoms with E-state index in [1.54, 1.807) is 0 Å². The van der Waals surface area contributed by atoms with Crippen LogP contribution in [0.25, 0.3) is 0 Å². The van der Waals surface area contributed by atoms with E-state index in [-0.39, 0.29) is 17.4 Å². The first-order valence-corrected chi connectivity index (χ1v) is 13.2. The number of rotatable bonds is 10. The molecule has 0 spiro atoms. The van der Waals surface area contributed by atoms with Crippen LogP contribution in [0.3, 0.4) is 0 Å². The number of nitrogens with two attached hydrogens (primary N) is 1. The van der Waals surface area contributed by atoms with Gasteiger partial charge in [-0.1, -0.05) is 59.1 Å². The van der Waals surface area contributed by atoms with Crippen LogP contribution in [-0.4, -0.2) is 11.9 Å². The largest absolute Gasteiger partial charge is 0.370 e. The molecule has 3 fully saturated rings. The zero-order chi connectivity index (χ0) is 22.8. The zero-order valence-electron chi connectivity index (χ0n) is 20.9. The van der Waals surface area contributed by atoms with Crippen molar-refractivity contribution < 1.29 is 4.79 Å². The fourth-order valence-corrected chi connectivity index (χ4v) is 8.63. The molecular weight excluding hydrogens is 384 g/mol. The summed E-state index contributed by atoms with van der Waals surface area (Å²) < 4.78 is 0. The third kappa shape index (κ3) is 4.88. The first kappa shape index (κ1) is 24.7. The fourth-order valence-electron chi connectivity index (χ4n) is 8.63. The van der Waals surface area contributed by atoms with Crippen molar-refractivity contribution in [2.45, 2.75) is 118 Å². The summed E-state index contributed by atoms with van der Waals surface area (Å²) in [6, 6.07) is -0.0989. The summed E-state index contributed by atoms with van der Waals surface area (Å²) in [7, 11) is 0. The van der Waals surface area contributed by atoms with Crippen molar-refractivity contribution in [1.29, 1.82) is 0 Å². The molecule has 3 saturated carbocycles. The van der Waals surface area contributed by atoms with Gasteiger partial charge in [0.1, 0.15) is 0 Å². The van der Waals surface area contributed by atoms with Crippen LogP contribution in [0.5, 0.6) is 0 Å². The van der Waals surface area contributed by atoms with Crippen molar-refractivity contribution in [2.24, 2.45) is 57.2 Å². The van der Waals surface area contributed by atoms with E-state index in [0.717, 1.165) is 48.9 Å². The number of hydrogen-bond donors (Lipinski definition) is 1. The molecule has 0 saturated heterocycles. The molecule has 4 heteroatoms.